The lowest BCUT2D eigenvalue weighted by atomic mass is 10.1. The SMILES string of the molecule is Cc1ccc(N2CCN(Cc3ccc(F)cc3)C(C)C2=O)cc1F. The Balaban J connectivity index is 1.73. The highest BCUT2D eigenvalue weighted by Crippen LogP contribution is 2.23. The molecular formula is C19H20F2N2O. The van der Waals surface area contributed by atoms with Crippen LogP contribution in [-0.2, 0) is 11.3 Å². The predicted octanol–water partition coefficient (Wildman–Crippen LogP) is 3.51. The van der Waals surface area contributed by atoms with Crippen molar-refractivity contribution in [2.24, 2.45) is 0 Å². The Morgan fingerprint density at radius 3 is 2.46 bits per heavy atom. The number of hydrogen-bond donors (Lipinski definition) is 0. The molecule has 24 heavy (non-hydrogen) atoms. The fourth-order valence-corrected chi connectivity index (χ4v) is 2.96. The van der Waals surface area contributed by atoms with Gasteiger partial charge < -0.3 is 4.90 Å². The highest BCUT2D eigenvalue weighted by molar-refractivity contribution is 5.97. The maximum Gasteiger partial charge on any atom is 0.244 e. The highest BCUT2D eigenvalue weighted by Gasteiger charge is 2.32. The van der Waals surface area contributed by atoms with Gasteiger partial charge in [0.1, 0.15) is 11.6 Å². The van der Waals surface area contributed by atoms with Gasteiger partial charge in [0.05, 0.1) is 6.04 Å². The zero-order chi connectivity index (χ0) is 17.3. The number of rotatable bonds is 3. The fraction of sp³-hybridized carbons (Fsp3) is 0.316. The van der Waals surface area contributed by atoms with Gasteiger partial charge in [-0.1, -0.05) is 18.2 Å². The Kier molecular flexibility index (Phi) is 4.62. The summed E-state index contributed by atoms with van der Waals surface area (Å²) in [4.78, 5) is 16.4. The number of carbonyl (C=O) groups excluding carboxylic acids is 1. The zero-order valence-electron chi connectivity index (χ0n) is 13.8. The Bertz CT molecular complexity index is 746. The second-order valence-electron chi connectivity index (χ2n) is 6.20. The monoisotopic (exact) mass is 330 g/mol. The quantitative estimate of drug-likeness (QED) is 0.860. The summed E-state index contributed by atoms with van der Waals surface area (Å²) < 4.78 is 26.8. The minimum Gasteiger partial charge on any atom is -0.310 e. The minimum atomic E-state index is -0.312. The third-order valence-corrected chi connectivity index (χ3v) is 4.55. The van der Waals surface area contributed by atoms with Crippen LogP contribution in [-0.4, -0.2) is 29.9 Å². The van der Waals surface area contributed by atoms with Gasteiger partial charge in [0.15, 0.2) is 0 Å². The standard InChI is InChI=1S/C19H20F2N2O/c1-13-3-8-17(11-18(13)21)23-10-9-22(14(2)19(23)24)12-15-4-6-16(20)7-5-15/h3-8,11,14H,9-10,12H2,1-2H3. The molecule has 3 rings (SSSR count). The highest BCUT2D eigenvalue weighted by atomic mass is 19.1. The van der Waals surface area contributed by atoms with Gasteiger partial charge in [-0.15, -0.1) is 0 Å². The van der Waals surface area contributed by atoms with E-state index in [0.717, 1.165) is 5.56 Å². The number of halogens is 2. The smallest absolute Gasteiger partial charge is 0.244 e. The molecule has 1 aliphatic heterocycles. The van der Waals surface area contributed by atoms with Crippen molar-refractivity contribution in [2.45, 2.75) is 26.4 Å². The van der Waals surface area contributed by atoms with Crippen LogP contribution in [0.2, 0.25) is 0 Å². The summed E-state index contributed by atoms with van der Waals surface area (Å²) in [5.41, 5.74) is 2.12. The number of nitrogens with zero attached hydrogens (tertiary/aromatic N) is 2. The summed E-state index contributed by atoms with van der Waals surface area (Å²) in [6.07, 6.45) is 0. The summed E-state index contributed by atoms with van der Waals surface area (Å²) in [6.45, 7) is 5.32. The van der Waals surface area contributed by atoms with Crippen molar-refractivity contribution in [1.82, 2.24) is 4.90 Å². The van der Waals surface area contributed by atoms with E-state index in [4.69, 9.17) is 0 Å². The van der Waals surface area contributed by atoms with Crippen LogP contribution in [0.3, 0.4) is 0 Å². The van der Waals surface area contributed by atoms with Gasteiger partial charge in [0, 0.05) is 25.3 Å². The molecule has 1 heterocycles. The summed E-state index contributed by atoms with van der Waals surface area (Å²) >= 11 is 0. The third-order valence-electron chi connectivity index (χ3n) is 4.55. The van der Waals surface area contributed by atoms with Gasteiger partial charge in [-0.3, -0.25) is 9.69 Å². The van der Waals surface area contributed by atoms with E-state index in [0.29, 0.717) is 30.9 Å². The molecule has 1 fully saturated rings. The average molecular weight is 330 g/mol. The van der Waals surface area contributed by atoms with Gasteiger partial charge >= 0.3 is 0 Å². The fourth-order valence-electron chi connectivity index (χ4n) is 2.96. The van der Waals surface area contributed by atoms with E-state index in [1.54, 1.807) is 36.1 Å². The first kappa shape index (κ1) is 16.6. The van der Waals surface area contributed by atoms with Crippen molar-refractivity contribution in [3.63, 3.8) is 0 Å². The van der Waals surface area contributed by atoms with Crippen LogP contribution in [0.5, 0.6) is 0 Å². The lowest BCUT2D eigenvalue weighted by Crippen LogP contribution is -2.55. The number of benzene rings is 2. The zero-order valence-corrected chi connectivity index (χ0v) is 13.8. The van der Waals surface area contributed by atoms with E-state index in [1.165, 1.54) is 18.2 Å². The summed E-state index contributed by atoms with van der Waals surface area (Å²) in [7, 11) is 0. The molecular weight excluding hydrogens is 310 g/mol. The first-order valence-electron chi connectivity index (χ1n) is 8.02. The molecule has 126 valence electrons. The van der Waals surface area contributed by atoms with Crippen LogP contribution in [0.4, 0.5) is 14.5 Å². The largest absolute Gasteiger partial charge is 0.310 e. The molecule has 1 saturated heterocycles. The van der Waals surface area contributed by atoms with Crippen molar-refractivity contribution >= 4 is 11.6 Å². The molecule has 0 saturated carbocycles. The Morgan fingerprint density at radius 1 is 1.08 bits per heavy atom. The lowest BCUT2D eigenvalue weighted by molar-refractivity contribution is -0.125. The van der Waals surface area contributed by atoms with Gasteiger partial charge in [0.25, 0.3) is 0 Å². The van der Waals surface area contributed by atoms with Crippen molar-refractivity contribution < 1.29 is 13.6 Å². The van der Waals surface area contributed by atoms with Crippen LogP contribution in [0.15, 0.2) is 42.5 Å². The molecule has 0 N–H and O–H groups in total. The number of anilines is 1. The first-order valence-corrected chi connectivity index (χ1v) is 8.02. The maximum atomic E-state index is 13.8. The molecule has 1 atom stereocenters. The molecule has 1 aliphatic rings. The molecule has 0 aliphatic carbocycles. The van der Waals surface area contributed by atoms with E-state index in [2.05, 4.69) is 4.90 Å². The van der Waals surface area contributed by atoms with Crippen molar-refractivity contribution in [3.05, 3.63) is 65.2 Å². The molecule has 3 nitrogen and oxygen atoms in total. The third kappa shape index (κ3) is 3.31. The molecule has 0 bridgehead atoms. The van der Waals surface area contributed by atoms with Gasteiger partial charge in [-0.2, -0.15) is 0 Å². The summed E-state index contributed by atoms with van der Waals surface area (Å²) in [5.74, 6) is -0.623. The average Bonchev–Trinajstić information content (AvgIpc) is 2.57. The topological polar surface area (TPSA) is 23.6 Å². The van der Waals surface area contributed by atoms with Crippen molar-refractivity contribution in [3.8, 4) is 0 Å². The first-order chi connectivity index (χ1) is 11.5. The van der Waals surface area contributed by atoms with E-state index < -0.39 is 0 Å². The number of carbonyl (C=O) groups is 1. The van der Waals surface area contributed by atoms with Crippen LogP contribution >= 0.6 is 0 Å². The van der Waals surface area contributed by atoms with E-state index in [9.17, 15) is 13.6 Å². The second-order valence-corrected chi connectivity index (χ2v) is 6.20. The van der Waals surface area contributed by atoms with Crippen LogP contribution in [0.1, 0.15) is 18.1 Å². The molecule has 1 unspecified atom stereocenters. The van der Waals surface area contributed by atoms with Gasteiger partial charge in [0.2, 0.25) is 5.91 Å². The summed E-state index contributed by atoms with van der Waals surface area (Å²) in [6, 6.07) is 10.9. The predicted molar refractivity (Wildman–Crippen MR) is 89.8 cm³/mol. The molecule has 0 aromatic heterocycles. The van der Waals surface area contributed by atoms with E-state index >= 15 is 0 Å². The Labute approximate surface area is 140 Å². The van der Waals surface area contributed by atoms with E-state index in [1.807, 2.05) is 6.92 Å². The molecule has 0 radical (unpaired) electrons. The normalized spacial score (nSPS) is 18.9. The number of hydrogen-bond acceptors (Lipinski definition) is 2. The van der Waals surface area contributed by atoms with Crippen molar-refractivity contribution in [1.29, 1.82) is 0 Å². The summed E-state index contributed by atoms with van der Waals surface area (Å²) in [5, 5.41) is 0. The van der Waals surface area contributed by atoms with E-state index in [-0.39, 0.29) is 23.6 Å². The minimum absolute atomic E-state index is 0.0494. The molecule has 1 amide bonds. The number of aryl methyl sites for hydroxylation is 1. The molecule has 5 heteroatoms. The maximum absolute atomic E-state index is 13.8. The van der Waals surface area contributed by atoms with Crippen LogP contribution in [0, 0.1) is 18.6 Å². The Morgan fingerprint density at radius 2 is 1.79 bits per heavy atom. The van der Waals surface area contributed by atoms with Crippen LogP contribution < -0.4 is 4.90 Å². The molecule has 2 aromatic rings. The molecule has 0 spiro atoms. The Hall–Kier alpha value is -2.27. The van der Waals surface area contributed by atoms with Gasteiger partial charge in [-0.05, 0) is 49.2 Å². The van der Waals surface area contributed by atoms with Crippen LogP contribution in [0.25, 0.3) is 0 Å². The number of piperazine rings is 1. The molecule has 2 aromatic carbocycles. The van der Waals surface area contributed by atoms with Crippen molar-refractivity contribution in [2.75, 3.05) is 18.0 Å². The van der Waals surface area contributed by atoms with Gasteiger partial charge in [-0.25, -0.2) is 8.78 Å². The lowest BCUT2D eigenvalue weighted by Gasteiger charge is -2.39. The number of amides is 1. The second kappa shape index (κ2) is 6.69.